The molecule has 3 rings (SSSR count). The van der Waals surface area contributed by atoms with Gasteiger partial charge in [0.1, 0.15) is 0 Å². The number of amides is 1. The fourth-order valence-electron chi connectivity index (χ4n) is 3.15. The van der Waals surface area contributed by atoms with Gasteiger partial charge in [-0.3, -0.25) is 15.5 Å². The lowest BCUT2D eigenvalue weighted by atomic mass is 10.0. The lowest BCUT2D eigenvalue weighted by molar-refractivity contribution is -0.141. The van der Waals surface area contributed by atoms with Crippen LogP contribution in [0.3, 0.4) is 0 Å². The van der Waals surface area contributed by atoms with Crippen molar-refractivity contribution in [1.29, 1.82) is 0 Å². The molecule has 2 heterocycles. The largest absolute Gasteiger partial charge is 0.435 e. The minimum Gasteiger partial charge on any atom is -0.350 e. The van der Waals surface area contributed by atoms with Crippen molar-refractivity contribution < 1.29 is 30.6 Å². The van der Waals surface area contributed by atoms with Gasteiger partial charge in [-0.15, -0.1) is 0 Å². The highest BCUT2D eigenvalue weighted by Gasteiger charge is 2.35. The van der Waals surface area contributed by atoms with Crippen LogP contribution in [-0.2, 0) is 38.4 Å². The standard InChI is InChI=1S/C21H21ClF3N5O4S/c1-12(13-6-7-17(27-10-13)20(2,26)34-35(32)33)19(31)28-11-16-9-18(21(23,24)25)29-30(16)15-5-3-4-14(22)8-15/h3-10,12,35H,11,26H2,1-2H3,(H,28,31). The van der Waals surface area contributed by atoms with E-state index >= 15 is 0 Å². The number of rotatable bonds is 8. The molecule has 3 N–H and O–H groups in total. The summed E-state index contributed by atoms with van der Waals surface area (Å²) in [7, 11) is -3.21. The highest BCUT2D eigenvalue weighted by molar-refractivity contribution is 7.67. The summed E-state index contributed by atoms with van der Waals surface area (Å²) in [5.41, 5.74) is 3.99. The molecule has 0 aliphatic rings. The zero-order valence-corrected chi connectivity index (χ0v) is 20.1. The van der Waals surface area contributed by atoms with Crippen LogP contribution < -0.4 is 11.1 Å². The Labute approximate surface area is 205 Å². The minimum absolute atomic E-state index is 0.0939. The highest BCUT2D eigenvalue weighted by atomic mass is 35.5. The van der Waals surface area contributed by atoms with Crippen molar-refractivity contribution in [3.8, 4) is 5.69 Å². The number of carbonyl (C=O) groups excluding carboxylic acids is 1. The predicted octanol–water partition coefficient (Wildman–Crippen LogP) is 3.03. The predicted molar refractivity (Wildman–Crippen MR) is 121 cm³/mol. The van der Waals surface area contributed by atoms with Crippen molar-refractivity contribution in [2.45, 2.75) is 38.2 Å². The third kappa shape index (κ3) is 6.57. The van der Waals surface area contributed by atoms with Gasteiger partial charge in [0.05, 0.1) is 29.5 Å². The molecular formula is C21H21ClF3N5O4S. The molecule has 0 saturated carbocycles. The number of aromatic nitrogens is 3. The molecule has 2 aromatic heterocycles. The van der Waals surface area contributed by atoms with Crippen molar-refractivity contribution in [3.63, 3.8) is 0 Å². The van der Waals surface area contributed by atoms with Gasteiger partial charge in [-0.1, -0.05) is 23.7 Å². The van der Waals surface area contributed by atoms with Crippen molar-refractivity contribution in [2.75, 3.05) is 0 Å². The van der Waals surface area contributed by atoms with Crippen LogP contribution in [-0.4, -0.2) is 29.1 Å². The molecule has 0 aliphatic heterocycles. The minimum atomic E-state index is -4.68. The Balaban J connectivity index is 1.77. The second kappa shape index (κ2) is 10.3. The number of halogens is 4. The van der Waals surface area contributed by atoms with Crippen LogP contribution >= 0.6 is 11.6 Å². The molecule has 3 aromatic rings. The quantitative estimate of drug-likeness (QED) is 0.301. The zero-order chi connectivity index (χ0) is 26.0. The van der Waals surface area contributed by atoms with Crippen LogP contribution in [0.4, 0.5) is 13.2 Å². The molecule has 1 aromatic carbocycles. The van der Waals surface area contributed by atoms with E-state index in [1.807, 2.05) is 0 Å². The average Bonchev–Trinajstić information content (AvgIpc) is 3.21. The van der Waals surface area contributed by atoms with E-state index < -0.39 is 40.4 Å². The molecule has 0 aliphatic carbocycles. The maximum atomic E-state index is 13.3. The van der Waals surface area contributed by atoms with E-state index in [0.717, 1.165) is 10.7 Å². The summed E-state index contributed by atoms with van der Waals surface area (Å²) in [5, 5.41) is 6.54. The Bertz CT molecular complexity index is 1280. The second-order valence-corrected chi connectivity index (χ2v) is 8.81. The van der Waals surface area contributed by atoms with Crippen LogP contribution in [0.5, 0.6) is 0 Å². The molecule has 2 atom stereocenters. The van der Waals surface area contributed by atoms with E-state index in [9.17, 15) is 26.4 Å². The number of pyridine rings is 1. The van der Waals surface area contributed by atoms with Gasteiger partial charge in [-0.25, -0.2) is 17.3 Å². The molecule has 14 heteroatoms. The molecule has 0 spiro atoms. The van der Waals surface area contributed by atoms with Crippen LogP contribution in [0.1, 0.15) is 42.4 Å². The molecule has 188 valence electrons. The fourth-order valence-corrected chi connectivity index (χ4v) is 3.74. The first-order valence-corrected chi connectivity index (χ1v) is 11.5. The van der Waals surface area contributed by atoms with Crippen molar-refractivity contribution in [3.05, 3.63) is 76.3 Å². The van der Waals surface area contributed by atoms with Gasteiger partial charge < -0.3 is 5.32 Å². The Kier molecular flexibility index (Phi) is 7.84. The fraction of sp³-hybridized carbons (Fsp3) is 0.286. The SMILES string of the molecule is CC(C(=O)NCc1cc(C(F)(F)F)nn1-c1cccc(Cl)c1)c1ccc(C(C)(N)O[SH](=O)=O)nc1. The molecule has 0 radical (unpaired) electrons. The number of thiol groups is 1. The number of nitrogens with zero attached hydrogens (tertiary/aromatic N) is 3. The number of benzene rings is 1. The smallest absolute Gasteiger partial charge is 0.350 e. The Morgan fingerprint density at radius 1 is 1.23 bits per heavy atom. The molecule has 9 nitrogen and oxygen atoms in total. The molecule has 2 unspecified atom stereocenters. The Morgan fingerprint density at radius 3 is 2.51 bits per heavy atom. The van der Waals surface area contributed by atoms with Crippen LogP contribution in [0.25, 0.3) is 5.69 Å². The van der Waals surface area contributed by atoms with Gasteiger partial charge in [-0.05, 0) is 49.7 Å². The summed E-state index contributed by atoms with van der Waals surface area (Å²) in [5.74, 6) is -1.22. The van der Waals surface area contributed by atoms with Gasteiger partial charge in [0.2, 0.25) is 5.91 Å². The summed E-state index contributed by atoms with van der Waals surface area (Å²) in [6.07, 6.45) is -3.34. The first kappa shape index (κ1) is 26.6. The number of alkyl halides is 3. The van der Waals surface area contributed by atoms with E-state index in [0.29, 0.717) is 16.3 Å². The van der Waals surface area contributed by atoms with E-state index in [2.05, 4.69) is 19.6 Å². The monoisotopic (exact) mass is 531 g/mol. The van der Waals surface area contributed by atoms with Gasteiger partial charge >= 0.3 is 6.18 Å². The van der Waals surface area contributed by atoms with Crippen LogP contribution in [0.15, 0.2) is 48.7 Å². The summed E-state index contributed by atoms with van der Waals surface area (Å²) in [4.78, 5) is 16.8. The summed E-state index contributed by atoms with van der Waals surface area (Å²) in [6, 6.07) is 9.93. The van der Waals surface area contributed by atoms with Gasteiger partial charge in [-0.2, -0.15) is 18.3 Å². The molecule has 1 amide bonds. The van der Waals surface area contributed by atoms with E-state index in [-0.39, 0.29) is 17.9 Å². The van der Waals surface area contributed by atoms with Crippen LogP contribution in [0, 0.1) is 0 Å². The number of nitrogens with two attached hydrogens (primary N) is 1. The maximum Gasteiger partial charge on any atom is 0.435 e. The lowest BCUT2D eigenvalue weighted by Crippen LogP contribution is -2.36. The molecule has 0 bridgehead atoms. The summed E-state index contributed by atoms with van der Waals surface area (Å²) >= 11 is 5.96. The van der Waals surface area contributed by atoms with E-state index in [1.54, 1.807) is 19.1 Å². The number of hydrogen-bond donors (Lipinski definition) is 3. The first-order chi connectivity index (χ1) is 16.3. The van der Waals surface area contributed by atoms with E-state index in [4.69, 9.17) is 17.3 Å². The Morgan fingerprint density at radius 2 is 1.94 bits per heavy atom. The van der Waals surface area contributed by atoms with Crippen molar-refractivity contribution >= 4 is 28.5 Å². The highest BCUT2D eigenvalue weighted by Crippen LogP contribution is 2.30. The number of nitrogens with one attached hydrogen (secondary N) is 1. The van der Waals surface area contributed by atoms with Crippen molar-refractivity contribution in [1.82, 2.24) is 20.1 Å². The normalized spacial score (nSPS) is 14.5. The third-order valence-electron chi connectivity index (χ3n) is 5.02. The molecule has 35 heavy (non-hydrogen) atoms. The maximum absolute atomic E-state index is 13.3. The molecular weight excluding hydrogens is 511 g/mol. The number of hydrogen-bond acceptors (Lipinski definition) is 7. The topological polar surface area (TPSA) is 129 Å². The molecule has 0 fully saturated rings. The Hall–Kier alpha value is -3.00. The van der Waals surface area contributed by atoms with Gasteiger partial charge in [0.25, 0.3) is 11.0 Å². The summed E-state index contributed by atoms with van der Waals surface area (Å²) < 4.78 is 67.1. The van der Waals surface area contributed by atoms with Gasteiger partial charge in [0.15, 0.2) is 11.4 Å². The lowest BCUT2D eigenvalue weighted by Gasteiger charge is -2.21. The second-order valence-electron chi connectivity index (χ2n) is 7.75. The van der Waals surface area contributed by atoms with Gasteiger partial charge in [0, 0.05) is 11.2 Å². The third-order valence-corrected chi connectivity index (χ3v) is 5.79. The number of carbonyl (C=O) groups is 1. The van der Waals surface area contributed by atoms with E-state index in [1.165, 1.54) is 37.4 Å². The average molecular weight is 532 g/mol. The van der Waals surface area contributed by atoms with Crippen molar-refractivity contribution in [2.24, 2.45) is 5.73 Å². The summed E-state index contributed by atoms with van der Waals surface area (Å²) in [6.45, 7) is 2.65. The zero-order valence-electron chi connectivity index (χ0n) is 18.4. The first-order valence-electron chi connectivity index (χ1n) is 10.1. The van der Waals surface area contributed by atoms with Crippen LogP contribution in [0.2, 0.25) is 5.02 Å². The molecule has 0 saturated heterocycles.